The molecule has 0 bridgehead atoms. The van der Waals surface area contributed by atoms with Gasteiger partial charge in [-0.1, -0.05) is 24.3 Å². The highest BCUT2D eigenvalue weighted by Gasteiger charge is 2.38. The molecule has 3 rings (SSSR count). The summed E-state index contributed by atoms with van der Waals surface area (Å²) in [6, 6.07) is 9.77. The van der Waals surface area contributed by atoms with Crippen LogP contribution in [0.2, 0.25) is 0 Å². The first-order valence-corrected chi connectivity index (χ1v) is 9.10. The van der Waals surface area contributed by atoms with E-state index in [1.807, 2.05) is 0 Å². The summed E-state index contributed by atoms with van der Waals surface area (Å²) in [5.74, 6) is 2.10. The third-order valence-corrected chi connectivity index (χ3v) is 6.99. The Hall–Kier alpha value is -0.470. The van der Waals surface area contributed by atoms with Crippen molar-refractivity contribution in [2.75, 3.05) is 12.8 Å². The van der Waals surface area contributed by atoms with E-state index in [0.717, 1.165) is 5.92 Å². The number of hydrogen-bond donors (Lipinski definition) is 1. The fourth-order valence-corrected chi connectivity index (χ4v) is 5.59. The summed E-state index contributed by atoms with van der Waals surface area (Å²) in [6.45, 7) is 2.47. The standard InChI is InChI=1S/C18H27NS/c1-18(11-6-12-20-18)17(19-2)13-15-9-5-8-14-7-3-4-10-16(14)15/h3-4,7,10,15,17,19H,5-6,8-9,11-13H2,1-2H3. The minimum absolute atomic E-state index is 0.446. The highest BCUT2D eigenvalue weighted by molar-refractivity contribution is 8.00. The maximum Gasteiger partial charge on any atom is 0.0285 e. The molecule has 1 aliphatic heterocycles. The lowest BCUT2D eigenvalue weighted by atomic mass is 9.77. The molecule has 3 unspecified atom stereocenters. The third kappa shape index (κ3) is 2.78. The first-order valence-electron chi connectivity index (χ1n) is 8.12. The Morgan fingerprint density at radius 2 is 2.20 bits per heavy atom. The Bertz CT molecular complexity index is 450. The normalized spacial score (nSPS) is 31.0. The van der Waals surface area contributed by atoms with Crippen molar-refractivity contribution < 1.29 is 0 Å². The van der Waals surface area contributed by atoms with Crippen LogP contribution in [0.25, 0.3) is 0 Å². The van der Waals surface area contributed by atoms with Crippen molar-refractivity contribution in [3.05, 3.63) is 35.4 Å². The Balaban J connectivity index is 1.77. The minimum Gasteiger partial charge on any atom is -0.316 e. The molecule has 2 aliphatic rings. The van der Waals surface area contributed by atoms with Crippen LogP contribution >= 0.6 is 11.8 Å². The summed E-state index contributed by atoms with van der Waals surface area (Å²) in [4.78, 5) is 0. The maximum absolute atomic E-state index is 3.64. The molecule has 1 N–H and O–H groups in total. The van der Waals surface area contributed by atoms with E-state index < -0.39 is 0 Å². The van der Waals surface area contributed by atoms with Crippen molar-refractivity contribution in [3.63, 3.8) is 0 Å². The molecule has 1 aromatic rings. The largest absolute Gasteiger partial charge is 0.316 e. The lowest BCUT2D eigenvalue weighted by Crippen LogP contribution is -2.44. The van der Waals surface area contributed by atoms with Gasteiger partial charge in [-0.2, -0.15) is 11.8 Å². The Labute approximate surface area is 127 Å². The van der Waals surface area contributed by atoms with E-state index in [2.05, 4.69) is 55.3 Å². The second-order valence-corrected chi connectivity index (χ2v) is 8.26. The van der Waals surface area contributed by atoms with Crippen LogP contribution in [-0.2, 0) is 6.42 Å². The van der Waals surface area contributed by atoms with Crippen molar-refractivity contribution in [2.45, 2.75) is 62.2 Å². The molecule has 1 fully saturated rings. The average molecular weight is 289 g/mol. The topological polar surface area (TPSA) is 12.0 Å². The molecule has 110 valence electrons. The van der Waals surface area contributed by atoms with E-state index in [9.17, 15) is 0 Å². The summed E-state index contributed by atoms with van der Waals surface area (Å²) < 4.78 is 0.446. The van der Waals surface area contributed by atoms with Gasteiger partial charge in [0, 0.05) is 10.8 Å². The molecular weight excluding hydrogens is 262 g/mol. The summed E-state index contributed by atoms with van der Waals surface area (Å²) in [7, 11) is 2.16. The van der Waals surface area contributed by atoms with E-state index in [4.69, 9.17) is 0 Å². The van der Waals surface area contributed by atoms with Gasteiger partial charge >= 0.3 is 0 Å². The number of aryl methyl sites for hydroxylation is 1. The molecule has 0 spiro atoms. The zero-order valence-electron chi connectivity index (χ0n) is 12.8. The molecule has 0 radical (unpaired) electrons. The quantitative estimate of drug-likeness (QED) is 0.883. The van der Waals surface area contributed by atoms with Crippen LogP contribution in [0.1, 0.15) is 56.1 Å². The number of nitrogens with one attached hydrogen (secondary N) is 1. The zero-order valence-corrected chi connectivity index (χ0v) is 13.6. The number of benzene rings is 1. The van der Waals surface area contributed by atoms with Crippen molar-refractivity contribution in [2.24, 2.45) is 0 Å². The van der Waals surface area contributed by atoms with Gasteiger partial charge in [0.2, 0.25) is 0 Å². The van der Waals surface area contributed by atoms with Gasteiger partial charge in [0.05, 0.1) is 0 Å². The molecular formula is C18H27NS. The molecule has 2 heteroatoms. The lowest BCUT2D eigenvalue weighted by Gasteiger charge is -2.37. The minimum atomic E-state index is 0.446. The molecule has 1 nitrogen and oxygen atoms in total. The fraction of sp³-hybridized carbons (Fsp3) is 0.667. The molecule has 1 aliphatic carbocycles. The van der Waals surface area contributed by atoms with Crippen LogP contribution in [0.4, 0.5) is 0 Å². The summed E-state index contributed by atoms with van der Waals surface area (Å²) in [5.41, 5.74) is 3.23. The predicted octanol–water partition coefficient (Wildman–Crippen LogP) is 4.37. The summed E-state index contributed by atoms with van der Waals surface area (Å²) in [6.07, 6.45) is 8.08. The van der Waals surface area contributed by atoms with Crippen LogP contribution < -0.4 is 5.32 Å². The first-order chi connectivity index (χ1) is 9.73. The van der Waals surface area contributed by atoms with E-state index >= 15 is 0 Å². The smallest absolute Gasteiger partial charge is 0.0285 e. The molecule has 3 atom stereocenters. The second-order valence-electron chi connectivity index (χ2n) is 6.63. The summed E-state index contributed by atoms with van der Waals surface area (Å²) >= 11 is 2.18. The molecule has 1 aromatic carbocycles. The number of thioether (sulfide) groups is 1. The van der Waals surface area contributed by atoms with Crippen molar-refractivity contribution in [1.29, 1.82) is 0 Å². The number of fused-ring (bicyclic) bond motifs is 1. The van der Waals surface area contributed by atoms with Gasteiger partial charge < -0.3 is 5.32 Å². The van der Waals surface area contributed by atoms with Crippen LogP contribution in [0.5, 0.6) is 0 Å². The highest BCUT2D eigenvalue weighted by Crippen LogP contribution is 2.44. The number of hydrogen-bond acceptors (Lipinski definition) is 2. The molecule has 0 saturated carbocycles. The van der Waals surface area contributed by atoms with Crippen LogP contribution in [0.3, 0.4) is 0 Å². The van der Waals surface area contributed by atoms with Crippen LogP contribution in [0, 0.1) is 0 Å². The Morgan fingerprint density at radius 3 is 2.95 bits per heavy atom. The van der Waals surface area contributed by atoms with Gasteiger partial charge in [0.1, 0.15) is 0 Å². The van der Waals surface area contributed by atoms with Gasteiger partial charge in [-0.3, -0.25) is 0 Å². The lowest BCUT2D eigenvalue weighted by molar-refractivity contribution is 0.360. The number of rotatable bonds is 4. The van der Waals surface area contributed by atoms with Crippen molar-refractivity contribution in [1.82, 2.24) is 5.32 Å². The molecule has 0 amide bonds. The van der Waals surface area contributed by atoms with Gasteiger partial charge in [0.15, 0.2) is 0 Å². The third-order valence-electron chi connectivity index (χ3n) is 5.35. The maximum atomic E-state index is 3.64. The highest BCUT2D eigenvalue weighted by atomic mass is 32.2. The van der Waals surface area contributed by atoms with Crippen molar-refractivity contribution >= 4 is 11.8 Å². The van der Waals surface area contributed by atoms with Crippen LogP contribution in [0.15, 0.2) is 24.3 Å². The zero-order chi connectivity index (χ0) is 14.0. The average Bonchev–Trinajstić information content (AvgIpc) is 2.92. The van der Waals surface area contributed by atoms with E-state index in [0.29, 0.717) is 10.8 Å². The molecule has 0 aromatic heterocycles. The van der Waals surface area contributed by atoms with Gasteiger partial charge in [0.25, 0.3) is 0 Å². The van der Waals surface area contributed by atoms with Gasteiger partial charge in [-0.25, -0.2) is 0 Å². The molecule has 20 heavy (non-hydrogen) atoms. The summed E-state index contributed by atoms with van der Waals surface area (Å²) in [5, 5.41) is 3.64. The molecule has 1 heterocycles. The second kappa shape index (κ2) is 6.11. The van der Waals surface area contributed by atoms with E-state index in [1.165, 1.54) is 44.3 Å². The predicted molar refractivity (Wildman–Crippen MR) is 89.7 cm³/mol. The van der Waals surface area contributed by atoms with E-state index in [-0.39, 0.29) is 0 Å². The first kappa shape index (κ1) is 14.5. The monoisotopic (exact) mass is 289 g/mol. The van der Waals surface area contributed by atoms with Gasteiger partial charge in [-0.05, 0) is 75.3 Å². The Kier molecular flexibility index (Phi) is 4.42. The van der Waals surface area contributed by atoms with Crippen LogP contribution in [-0.4, -0.2) is 23.6 Å². The van der Waals surface area contributed by atoms with E-state index in [1.54, 1.807) is 11.1 Å². The molecule has 1 saturated heterocycles. The van der Waals surface area contributed by atoms with Crippen molar-refractivity contribution in [3.8, 4) is 0 Å². The SMILES string of the molecule is CNC(CC1CCCc2ccccc21)C1(C)CCCS1. The van der Waals surface area contributed by atoms with Gasteiger partial charge in [-0.15, -0.1) is 0 Å². The fourth-order valence-electron chi connectivity index (χ4n) is 4.13. The Morgan fingerprint density at radius 1 is 1.35 bits per heavy atom.